The largest absolute Gasteiger partial charge is 0.465 e. The van der Waals surface area contributed by atoms with Crippen LogP contribution in [0.5, 0.6) is 0 Å². The number of esters is 1. The van der Waals surface area contributed by atoms with E-state index in [9.17, 15) is 4.79 Å². The molecular formula is C14H29NO4. The van der Waals surface area contributed by atoms with Gasteiger partial charge in [-0.1, -0.05) is 13.3 Å². The molecule has 0 N–H and O–H groups in total. The minimum absolute atomic E-state index is 0.165. The molecule has 0 aliphatic rings. The maximum Gasteiger partial charge on any atom is 0.320 e. The summed E-state index contributed by atoms with van der Waals surface area (Å²) in [6.45, 7) is 10.9. The molecule has 0 fully saturated rings. The zero-order chi connectivity index (χ0) is 14.3. The van der Waals surface area contributed by atoms with Gasteiger partial charge in [-0.3, -0.25) is 9.69 Å². The highest BCUT2D eigenvalue weighted by molar-refractivity contribution is 5.71. The lowest BCUT2D eigenvalue weighted by Gasteiger charge is -2.21. The molecule has 0 radical (unpaired) electrons. The van der Waals surface area contributed by atoms with Crippen molar-refractivity contribution >= 4 is 5.97 Å². The average Bonchev–Trinajstić information content (AvgIpc) is 2.39. The van der Waals surface area contributed by atoms with Crippen LogP contribution >= 0.6 is 0 Å². The van der Waals surface area contributed by atoms with Gasteiger partial charge in [-0.15, -0.1) is 0 Å². The van der Waals surface area contributed by atoms with Crippen LogP contribution in [-0.4, -0.2) is 63.5 Å². The van der Waals surface area contributed by atoms with Crippen molar-refractivity contribution in [1.29, 1.82) is 0 Å². The van der Waals surface area contributed by atoms with E-state index in [4.69, 9.17) is 14.2 Å². The third-order valence-electron chi connectivity index (χ3n) is 2.63. The highest BCUT2D eigenvalue weighted by Gasteiger charge is 2.11. The Morgan fingerprint density at radius 1 is 0.947 bits per heavy atom. The third kappa shape index (κ3) is 12.1. The SMILES string of the molecule is CCCCOC(=O)CN(CCOCC)CCOCC. The average molecular weight is 275 g/mol. The van der Waals surface area contributed by atoms with Crippen LogP contribution in [0.2, 0.25) is 0 Å². The molecule has 0 rings (SSSR count). The maximum atomic E-state index is 11.6. The molecule has 0 saturated heterocycles. The minimum Gasteiger partial charge on any atom is -0.465 e. The Labute approximate surface area is 117 Å². The lowest BCUT2D eigenvalue weighted by molar-refractivity contribution is -0.145. The Balaban J connectivity index is 3.89. The van der Waals surface area contributed by atoms with Gasteiger partial charge in [-0.25, -0.2) is 0 Å². The molecule has 5 nitrogen and oxygen atoms in total. The van der Waals surface area contributed by atoms with E-state index in [2.05, 4.69) is 6.92 Å². The summed E-state index contributed by atoms with van der Waals surface area (Å²) in [7, 11) is 0. The highest BCUT2D eigenvalue weighted by atomic mass is 16.5. The van der Waals surface area contributed by atoms with Gasteiger partial charge in [0.2, 0.25) is 0 Å². The van der Waals surface area contributed by atoms with E-state index in [1.807, 2.05) is 18.7 Å². The van der Waals surface area contributed by atoms with Crippen LogP contribution in [0.4, 0.5) is 0 Å². The summed E-state index contributed by atoms with van der Waals surface area (Å²) in [4.78, 5) is 13.7. The van der Waals surface area contributed by atoms with Crippen LogP contribution in [-0.2, 0) is 19.0 Å². The summed E-state index contributed by atoms with van der Waals surface area (Å²) in [6, 6.07) is 0. The zero-order valence-corrected chi connectivity index (χ0v) is 12.7. The highest BCUT2D eigenvalue weighted by Crippen LogP contribution is 1.94. The Kier molecular flexibility index (Phi) is 13.3. The van der Waals surface area contributed by atoms with Crippen LogP contribution in [0, 0.1) is 0 Å². The topological polar surface area (TPSA) is 48.0 Å². The smallest absolute Gasteiger partial charge is 0.320 e. The number of unbranched alkanes of at least 4 members (excludes halogenated alkanes) is 1. The first kappa shape index (κ1) is 18.4. The van der Waals surface area contributed by atoms with Crippen molar-refractivity contribution in [2.45, 2.75) is 33.6 Å². The predicted octanol–water partition coefficient (Wildman–Crippen LogP) is 1.70. The van der Waals surface area contributed by atoms with E-state index in [0.29, 0.717) is 39.6 Å². The van der Waals surface area contributed by atoms with E-state index >= 15 is 0 Å². The minimum atomic E-state index is -0.165. The Morgan fingerprint density at radius 3 is 2.00 bits per heavy atom. The van der Waals surface area contributed by atoms with Crippen molar-refractivity contribution in [2.24, 2.45) is 0 Å². The Morgan fingerprint density at radius 2 is 1.53 bits per heavy atom. The second-order valence-electron chi connectivity index (χ2n) is 4.24. The van der Waals surface area contributed by atoms with E-state index in [0.717, 1.165) is 25.9 Å². The first-order valence-corrected chi connectivity index (χ1v) is 7.28. The molecular weight excluding hydrogens is 246 g/mol. The number of hydrogen-bond donors (Lipinski definition) is 0. The first-order valence-electron chi connectivity index (χ1n) is 7.28. The van der Waals surface area contributed by atoms with E-state index in [-0.39, 0.29) is 5.97 Å². The molecule has 0 unspecified atom stereocenters. The van der Waals surface area contributed by atoms with Gasteiger partial charge in [0.05, 0.1) is 26.4 Å². The van der Waals surface area contributed by atoms with Crippen molar-refractivity contribution in [3.63, 3.8) is 0 Å². The molecule has 0 spiro atoms. The summed E-state index contributed by atoms with van der Waals surface area (Å²) >= 11 is 0. The fourth-order valence-electron chi connectivity index (χ4n) is 1.50. The van der Waals surface area contributed by atoms with Crippen molar-refractivity contribution in [2.75, 3.05) is 52.7 Å². The van der Waals surface area contributed by atoms with Crippen molar-refractivity contribution in [1.82, 2.24) is 4.90 Å². The van der Waals surface area contributed by atoms with Crippen LogP contribution in [0.3, 0.4) is 0 Å². The molecule has 0 aromatic carbocycles. The van der Waals surface area contributed by atoms with Gasteiger partial charge in [0, 0.05) is 26.3 Å². The van der Waals surface area contributed by atoms with E-state index in [1.54, 1.807) is 0 Å². The lowest BCUT2D eigenvalue weighted by Crippen LogP contribution is -2.36. The molecule has 0 aliphatic heterocycles. The first-order chi connectivity index (χ1) is 9.24. The molecule has 0 aromatic heterocycles. The standard InChI is InChI=1S/C14H29NO4/c1-4-7-10-19-14(16)13-15(8-11-17-5-2)9-12-18-6-3/h4-13H2,1-3H3. The molecule has 0 amide bonds. The second-order valence-corrected chi connectivity index (χ2v) is 4.24. The summed E-state index contributed by atoms with van der Waals surface area (Å²) in [6.07, 6.45) is 1.95. The van der Waals surface area contributed by atoms with Gasteiger partial charge < -0.3 is 14.2 Å². The Bertz CT molecular complexity index is 202. The van der Waals surface area contributed by atoms with Crippen molar-refractivity contribution < 1.29 is 19.0 Å². The summed E-state index contributed by atoms with van der Waals surface area (Å²) < 4.78 is 15.8. The molecule has 0 atom stereocenters. The van der Waals surface area contributed by atoms with Crippen molar-refractivity contribution in [3.05, 3.63) is 0 Å². The van der Waals surface area contributed by atoms with Gasteiger partial charge in [-0.2, -0.15) is 0 Å². The van der Waals surface area contributed by atoms with E-state index < -0.39 is 0 Å². The lowest BCUT2D eigenvalue weighted by atomic mass is 10.4. The number of carbonyl (C=O) groups is 1. The molecule has 0 aromatic rings. The quantitative estimate of drug-likeness (QED) is 0.378. The maximum absolute atomic E-state index is 11.6. The summed E-state index contributed by atoms with van der Waals surface area (Å²) in [5.41, 5.74) is 0. The number of hydrogen-bond acceptors (Lipinski definition) is 5. The number of carbonyl (C=O) groups excluding carboxylic acids is 1. The molecule has 114 valence electrons. The van der Waals surface area contributed by atoms with Crippen LogP contribution in [0.1, 0.15) is 33.6 Å². The van der Waals surface area contributed by atoms with Crippen LogP contribution in [0.15, 0.2) is 0 Å². The monoisotopic (exact) mass is 275 g/mol. The fourth-order valence-corrected chi connectivity index (χ4v) is 1.50. The van der Waals surface area contributed by atoms with Gasteiger partial charge in [0.1, 0.15) is 0 Å². The number of ether oxygens (including phenoxy) is 3. The summed E-state index contributed by atoms with van der Waals surface area (Å²) in [5.74, 6) is -0.165. The molecule has 0 saturated carbocycles. The van der Waals surface area contributed by atoms with Gasteiger partial charge in [0.25, 0.3) is 0 Å². The molecule has 5 heteroatoms. The normalized spacial score (nSPS) is 10.9. The molecule has 0 bridgehead atoms. The molecule has 0 aliphatic carbocycles. The Hall–Kier alpha value is -0.650. The fraction of sp³-hybridized carbons (Fsp3) is 0.929. The predicted molar refractivity (Wildman–Crippen MR) is 75.3 cm³/mol. The van der Waals surface area contributed by atoms with Crippen LogP contribution in [0.25, 0.3) is 0 Å². The van der Waals surface area contributed by atoms with Gasteiger partial charge in [0.15, 0.2) is 0 Å². The van der Waals surface area contributed by atoms with Gasteiger partial charge in [-0.05, 0) is 20.3 Å². The number of nitrogens with zero attached hydrogens (tertiary/aromatic N) is 1. The van der Waals surface area contributed by atoms with Crippen molar-refractivity contribution in [3.8, 4) is 0 Å². The van der Waals surface area contributed by atoms with E-state index in [1.165, 1.54) is 0 Å². The second kappa shape index (κ2) is 13.8. The summed E-state index contributed by atoms with van der Waals surface area (Å²) in [5, 5.41) is 0. The van der Waals surface area contributed by atoms with Gasteiger partial charge >= 0.3 is 5.97 Å². The van der Waals surface area contributed by atoms with Crippen LogP contribution < -0.4 is 0 Å². The number of rotatable bonds is 13. The molecule has 19 heavy (non-hydrogen) atoms. The third-order valence-corrected chi connectivity index (χ3v) is 2.63. The molecule has 0 heterocycles. The zero-order valence-electron chi connectivity index (χ0n) is 12.7.